The van der Waals surface area contributed by atoms with Crippen LogP contribution in [0.25, 0.3) is 21.8 Å². The van der Waals surface area contributed by atoms with E-state index in [1.807, 2.05) is 18.2 Å². The minimum atomic E-state index is 0.422. The van der Waals surface area contributed by atoms with Crippen LogP contribution in [0.3, 0.4) is 0 Å². The smallest absolute Gasteiger partial charge is 0.125 e. The van der Waals surface area contributed by atoms with Gasteiger partial charge in [-0.1, -0.05) is 18.2 Å². The van der Waals surface area contributed by atoms with Crippen LogP contribution >= 0.6 is 0 Å². The molecule has 90 valence electrons. The van der Waals surface area contributed by atoms with Gasteiger partial charge in [-0.2, -0.15) is 0 Å². The van der Waals surface area contributed by atoms with Crippen LogP contribution in [0.4, 0.5) is 0 Å². The number of phenolic OH excluding ortho intramolecular Hbond substituents is 1. The number of nitrogens with zero attached hydrogens (tertiary/aromatic N) is 1. The predicted octanol–water partition coefficient (Wildman–Crippen LogP) is 3.91. The molecular weight excluding hydrogens is 222 g/mol. The summed E-state index contributed by atoms with van der Waals surface area (Å²) in [5, 5.41) is 12.4. The molecule has 1 aliphatic carbocycles. The summed E-state index contributed by atoms with van der Waals surface area (Å²) >= 11 is 0. The number of fused-ring (bicyclic) bond motifs is 3. The molecule has 0 spiro atoms. The number of rotatable bonds is 1. The van der Waals surface area contributed by atoms with Crippen molar-refractivity contribution in [3.63, 3.8) is 0 Å². The van der Waals surface area contributed by atoms with Gasteiger partial charge in [-0.15, -0.1) is 0 Å². The molecule has 1 fully saturated rings. The van der Waals surface area contributed by atoms with Gasteiger partial charge in [0.25, 0.3) is 0 Å². The monoisotopic (exact) mass is 237 g/mol. The van der Waals surface area contributed by atoms with Gasteiger partial charge in [-0.05, 0) is 42.5 Å². The zero-order valence-corrected chi connectivity index (χ0v) is 10.4. The van der Waals surface area contributed by atoms with Crippen molar-refractivity contribution >= 4 is 21.8 Å². The van der Waals surface area contributed by atoms with Crippen LogP contribution in [0.1, 0.15) is 24.3 Å². The standard InChI is InChI=1S/C16H15NO/c1-17-13-5-3-2-4-12(13)16-14(17)8-11(9-15(16)18)10-6-7-10/h2-5,8-10,18H,6-7H2,1H3. The first kappa shape index (κ1) is 10.0. The average Bonchev–Trinajstić information content (AvgIpc) is 3.18. The molecule has 0 bridgehead atoms. The molecule has 0 unspecified atom stereocenters. The maximum atomic E-state index is 10.3. The zero-order valence-electron chi connectivity index (χ0n) is 10.4. The maximum absolute atomic E-state index is 10.3. The third-order valence-corrected chi connectivity index (χ3v) is 4.06. The maximum Gasteiger partial charge on any atom is 0.125 e. The summed E-state index contributed by atoms with van der Waals surface area (Å²) in [5.74, 6) is 1.09. The average molecular weight is 237 g/mol. The molecule has 1 saturated carbocycles. The second kappa shape index (κ2) is 3.29. The summed E-state index contributed by atoms with van der Waals surface area (Å²) in [6.45, 7) is 0. The van der Waals surface area contributed by atoms with Crippen molar-refractivity contribution in [2.24, 2.45) is 7.05 Å². The Kier molecular flexibility index (Phi) is 1.83. The van der Waals surface area contributed by atoms with E-state index in [9.17, 15) is 5.11 Å². The van der Waals surface area contributed by atoms with E-state index >= 15 is 0 Å². The van der Waals surface area contributed by atoms with Gasteiger partial charge in [-0.3, -0.25) is 0 Å². The molecule has 1 N–H and O–H groups in total. The molecule has 0 atom stereocenters. The van der Waals surface area contributed by atoms with Gasteiger partial charge in [0, 0.05) is 23.3 Å². The molecular formula is C16H15NO. The summed E-state index contributed by atoms with van der Waals surface area (Å²) in [4.78, 5) is 0. The Balaban J connectivity index is 2.18. The van der Waals surface area contributed by atoms with Crippen molar-refractivity contribution in [2.45, 2.75) is 18.8 Å². The van der Waals surface area contributed by atoms with Crippen molar-refractivity contribution in [2.75, 3.05) is 0 Å². The van der Waals surface area contributed by atoms with Crippen molar-refractivity contribution in [3.8, 4) is 5.75 Å². The number of aromatic hydroxyl groups is 1. The van der Waals surface area contributed by atoms with E-state index < -0.39 is 0 Å². The third kappa shape index (κ3) is 1.23. The second-order valence-electron chi connectivity index (χ2n) is 5.28. The van der Waals surface area contributed by atoms with Crippen molar-refractivity contribution in [1.29, 1.82) is 0 Å². The van der Waals surface area contributed by atoms with Crippen molar-refractivity contribution < 1.29 is 5.11 Å². The summed E-state index contributed by atoms with van der Waals surface area (Å²) in [6.07, 6.45) is 2.52. The SMILES string of the molecule is Cn1c2ccccc2c2c(O)cc(C3CC3)cc21. The van der Waals surface area contributed by atoms with Crippen LogP contribution in [0, 0.1) is 0 Å². The molecule has 1 aromatic heterocycles. The van der Waals surface area contributed by atoms with Gasteiger partial charge < -0.3 is 9.67 Å². The lowest BCUT2D eigenvalue weighted by Crippen LogP contribution is -1.88. The van der Waals surface area contributed by atoms with Gasteiger partial charge in [-0.25, -0.2) is 0 Å². The van der Waals surface area contributed by atoms with E-state index in [-0.39, 0.29) is 0 Å². The Bertz CT molecular complexity index is 765. The molecule has 0 saturated heterocycles. The minimum Gasteiger partial charge on any atom is -0.507 e. The Labute approximate surface area is 105 Å². The number of benzene rings is 2. The fourth-order valence-electron chi connectivity index (χ4n) is 2.93. The molecule has 0 aliphatic heterocycles. The van der Waals surface area contributed by atoms with E-state index in [1.165, 1.54) is 23.9 Å². The number of aromatic nitrogens is 1. The first-order valence-electron chi connectivity index (χ1n) is 6.46. The third-order valence-electron chi connectivity index (χ3n) is 4.06. The molecule has 3 aromatic rings. The molecule has 2 aromatic carbocycles. The highest BCUT2D eigenvalue weighted by atomic mass is 16.3. The Morgan fingerprint density at radius 3 is 2.67 bits per heavy atom. The highest BCUT2D eigenvalue weighted by molar-refractivity contribution is 6.11. The topological polar surface area (TPSA) is 25.2 Å². The van der Waals surface area contributed by atoms with Crippen molar-refractivity contribution in [3.05, 3.63) is 42.0 Å². The molecule has 0 amide bonds. The van der Waals surface area contributed by atoms with Gasteiger partial charge in [0.05, 0.1) is 5.52 Å². The van der Waals surface area contributed by atoms with E-state index in [0.29, 0.717) is 11.7 Å². The highest BCUT2D eigenvalue weighted by Crippen LogP contribution is 2.44. The molecule has 2 nitrogen and oxygen atoms in total. The fourth-order valence-corrected chi connectivity index (χ4v) is 2.93. The minimum absolute atomic E-state index is 0.422. The number of para-hydroxylation sites is 1. The number of hydrogen-bond donors (Lipinski definition) is 1. The molecule has 2 heteroatoms. The van der Waals surface area contributed by atoms with Crippen LogP contribution in [0.5, 0.6) is 5.75 Å². The van der Waals surface area contributed by atoms with E-state index in [0.717, 1.165) is 16.3 Å². The largest absolute Gasteiger partial charge is 0.507 e. The van der Waals surface area contributed by atoms with Crippen LogP contribution in [-0.2, 0) is 7.05 Å². The number of phenols is 1. The Morgan fingerprint density at radius 1 is 1.11 bits per heavy atom. The molecule has 1 aliphatic rings. The number of aryl methyl sites for hydroxylation is 1. The van der Waals surface area contributed by atoms with Gasteiger partial charge in [0.1, 0.15) is 5.75 Å². The molecule has 4 rings (SSSR count). The fraction of sp³-hybridized carbons (Fsp3) is 0.250. The summed E-state index contributed by atoms with van der Waals surface area (Å²) in [6, 6.07) is 12.4. The summed E-state index contributed by atoms with van der Waals surface area (Å²) in [5.41, 5.74) is 3.60. The van der Waals surface area contributed by atoms with Crippen LogP contribution in [0.15, 0.2) is 36.4 Å². The van der Waals surface area contributed by atoms with Gasteiger partial charge in [0.2, 0.25) is 0 Å². The summed E-state index contributed by atoms with van der Waals surface area (Å²) < 4.78 is 2.18. The first-order valence-corrected chi connectivity index (χ1v) is 6.46. The summed E-state index contributed by atoms with van der Waals surface area (Å²) in [7, 11) is 2.07. The quantitative estimate of drug-likeness (QED) is 0.682. The van der Waals surface area contributed by atoms with E-state index in [2.05, 4.69) is 29.8 Å². The molecule has 0 radical (unpaired) electrons. The van der Waals surface area contributed by atoms with Gasteiger partial charge in [0.15, 0.2) is 0 Å². The van der Waals surface area contributed by atoms with Crippen LogP contribution in [0.2, 0.25) is 0 Å². The van der Waals surface area contributed by atoms with Crippen LogP contribution < -0.4 is 0 Å². The van der Waals surface area contributed by atoms with E-state index in [1.54, 1.807) is 0 Å². The molecule has 18 heavy (non-hydrogen) atoms. The normalized spacial score (nSPS) is 15.6. The van der Waals surface area contributed by atoms with Crippen LogP contribution in [-0.4, -0.2) is 9.67 Å². The molecule has 1 heterocycles. The predicted molar refractivity (Wildman–Crippen MR) is 74.1 cm³/mol. The Morgan fingerprint density at radius 2 is 1.89 bits per heavy atom. The second-order valence-corrected chi connectivity index (χ2v) is 5.28. The highest BCUT2D eigenvalue weighted by Gasteiger charge is 2.25. The lowest BCUT2D eigenvalue weighted by Gasteiger charge is -2.03. The first-order chi connectivity index (χ1) is 8.75. The van der Waals surface area contributed by atoms with E-state index in [4.69, 9.17) is 0 Å². The lowest BCUT2D eigenvalue weighted by molar-refractivity contribution is 0.481. The zero-order chi connectivity index (χ0) is 12.3. The lowest BCUT2D eigenvalue weighted by atomic mass is 10.1. The van der Waals surface area contributed by atoms with Crippen molar-refractivity contribution in [1.82, 2.24) is 4.57 Å². The van der Waals surface area contributed by atoms with Gasteiger partial charge >= 0.3 is 0 Å². The number of hydrogen-bond acceptors (Lipinski definition) is 1. The Hall–Kier alpha value is -1.96.